The number of aromatic nitrogens is 2. The van der Waals surface area contributed by atoms with E-state index >= 15 is 0 Å². The molecule has 0 bridgehead atoms. The first-order valence-corrected chi connectivity index (χ1v) is 13.2. The van der Waals surface area contributed by atoms with Crippen LogP contribution >= 0.6 is 11.6 Å². The monoisotopic (exact) mass is 511 g/mol. The van der Waals surface area contributed by atoms with Crippen molar-refractivity contribution < 1.29 is 9.53 Å². The number of nitrogens with zero attached hydrogens (tertiary/aromatic N) is 2. The molecule has 0 fully saturated rings. The number of aryl methyl sites for hydroxylation is 1. The quantitative estimate of drug-likeness (QED) is 0.193. The van der Waals surface area contributed by atoms with E-state index in [0.29, 0.717) is 23.7 Å². The van der Waals surface area contributed by atoms with Gasteiger partial charge >= 0.3 is 0 Å². The number of benzene rings is 4. The van der Waals surface area contributed by atoms with Crippen molar-refractivity contribution in [1.29, 1.82) is 0 Å². The lowest BCUT2D eigenvalue weighted by Gasteiger charge is -2.12. The Morgan fingerprint density at radius 1 is 0.865 bits per heavy atom. The van der Waals surface area contributed by atoms with Crippen LogP contribution in [-0.4, -0.2) is 28.6 Å². The number of hydrogen-bond donors (Lipinski definition) is 1. The summed E-state index contributed by atoms with van der Waals surface area (Å²) in [5, 5.41) is 5.92. The number of ether oxygens (including phenoxy) is 1. The second kappa shape index (κ2) is 11.9. The van der Waals surface area contributed by atoms with E-state index in [1.54, 1.807) is 24.3 Å². The lowest BCUT2D eigenvalue weighted by molar-refractivity contribution is 0.0953. The molecule has 1 N–H and O–H groups in total. The van der Waals surface area contributed by atoms with E-state index in [4.69, 9.17) is 21.3 Å². The summed E-state index contributed by atoms with van der Waals surface area (Å²) in [5.74, 6) is 1.92. The SMILES string of the molecule is O=C(NCCCCCc1nc2ccccc2n1CCOc1cccc2ccccc12)c1ccc(Cl)cc1. The molecule has 5 nitrogen and oxygen atoms in total. The fraction of sp³-hybridized carbons (Fsp3) is 0.226. The summed E-state index contributed by atoms with van der Waals surface area (Å²) in [5.41, 5.74) is 2.77. The number of rotatable bonds is 11. The number of carbonyl (C=O) groups excluding carboxylic acids is 1. The molecule has 0 radical (unpaired) electrons. The Morgan fingerprint density at radius 2 is 1.65 bits per heavy atom. The molecule has 37 heavy (non-hydrogen) atoms. The molecule has 188 valence electrons. The molecular weight excluding hydrogens is 482 g/mol. The fourth-order valence-electron chi connectivity index (χ4n) is 4.62. The van der Waals surface area contributed by atoms with Gasteiger partial charge in [0.15, 0.2) is 0 Å². The van der Waals surface area contributed by atoms with Crippen LogP contribution in [0, 0.1) is 0 Å². The van der Waals surface area contributed by atoms with Gasteiger partial charge in [-0.2, -0.15) is 0 Å². The second-order valence-corrected chi connectivity index (χ2v) is 9.50. The number of carbonyl (C=O) groups is 1. The number of halogens is 1. The Bertz CT molecular complexity index is 1490. The van der Waals surface area contributed by atoms with E-state index in [-0.39, 0.29) is 5.91 Å². The lowest BCUT2D eigenvalue weighted by atomic mass is 10.1. The first-order valence-electron chi connectivity index (χ1n) is 12.8. The van der Waals surface area contributed by atoms with Gasteiger partial charge in [0.2, 0.25) is 0 Å². The van der Waals surface area contributed by atoms with Gasteiger partial charge in [-0.15, -0.1) is 0 Å². The number of imidazole rings is 1. The van der Waals surface area contributed by atoms with Crippen LogP contribution in [0.1, 0.15) is 35.4 Å². The van der Waals surface area contributed by atoms with E-state index in [0.717, 1.165) is 60.2 Å². The molecule has 1 amide bonds. The minimum Gasteiger partial charge on any atom is -0.491 e. The van der Waals surface area contributed by atoms with Crippen LogP contribution in [0.15, 0.2) is 91.0 Å². The predicted molar refractivity (Wildman–Crippen MR) is 151 cm³/mol. The highest BCUT2D eigenvalue weighted by Gasteiger charge is 2.11. The third kappa shape index (κ3) is 6.12. The normalized spacial score (nSPS) is 11.2. The molecule has 0 saturated carbocycles. The average Bonchev–Trinajstić information content (AvgIpc) is 3.28. The zero-order valence-electron chi connectivity index (χ0n) is 20.7. The number of nitrogens with one attached hydrogen (secondary N) is 1. The fourth-order valence-corrected chi connectivity index (χ4v) is 4.75. The number of unbranched alkanes of at least 4 members (excludes halogenated alkanes) is 2. The topological polar surface area (TPSA) is 56.2 Å². The van der Waals surface area contributed by atoms with E-state index in [1.165, 1.54) is 5.39 Å². The van der Waals surface area contributed by atoms with Crippen LogP contribution in [0.3, 0.4) is 0 Å². The van der Waals surface area contributed by atoms with Crippen LogP contribution in [0.5, 0.6) is 5.75 Å². The standard InChI is InChI=1S/C31H30ClN3O2/c32-25-18-16-24(17-19-25)31(36)33-20-7-1-2-15-30-34-27-12-5-6-13-28(27)35(30)21-22-37-29-14-8-10-23-9-3-4-11-26(23)29/h3-6,8-14,16-19H,1-2,7,15,20-22H2,(H,33,36). The van der Waals surface area contributed by atoms with Gasteiger partial charge in [0, 0.05) is 28.9 Å². The molecule has 0 aliphatic rings. The van der Waals surface area contributed by atoms with Crippen molar-refractivity contribution in [2.75, 3.05) is 13.2 Å². The summed E-state index contributed by atoms with van der Waals surface area (Å²) >= 11 is 5.90. The number of para-hydroxylation sites is 2. The molecule has 0 unspecified atom stereocenters. The molecule has 6 heteroatoms. The van der Waals surface area contributed by atoms with Gasteiger partial charge in [0.25, 0.3) is 5.91 Å². The summed E-state index contributed by atoms with van der Waals surface area (Å²) in [4.78, 5) is 17.2. The molecule has 5 aromatic rings. The van der Waals surface area contributed by atoms with Crippen LogP contribution in [0.2, 0.25) is 5.02 Å². The van der Waals surface area contributed by atoms with Gasteiger partial charge in [0.1, 0.15) is 18.2 Å². The highest BCUT2D eigenvalue weighted by atomic mass is 35.5. The molecular formula is C31H30ClN3O2. The smallest absolute Gasteiger partial charge is 0.251 e. The lowest BCUT2D eigenvalue weighted by Crippen LogP contribution is -2.24. The third-order valence-electron chi connectivity index (χ3n) is 6.52. The van der Waals surface area contributed by atoms with Gasteiger partial charge in [-0.1, -0.05) is 66.6 Å². The average molecular weight is 512 g/mol. The van der Waals surface area contributed by atoms with Gasteiger partial charge in [-0.25, -0.2) is 4.98 Å². The van der Waals surface area contributed by atoms with Gasteiger partial charge in [0.05, 0.1) is 17.6 Å². The number of amides is 1. The Labute approximate surface area is 222 Å². The zero-order valence-corrected chi connectivity index (χ0v) is 21.5. The highest BCUT2D eigenvalue weighted by Crippen LogP contribution is 2.25. The minimum atomic E-state index is -0.0651. The number of hydrogen-bond acceptors (Lipinski definition) is 3. The van der Waals surface area contributed by atoms with Crippen molar-refractivity contribution in [1.82, 2.24) is 14.9 Å². The van der Waals surface area contributed by atoms with E-state index in [1.807, 2.05) is 30.3 Å². The molecule has 5 rings (SSSR count). The third-order valence-corrected chi connectivity index (χ3v) is 6.78. The summed E-state index contributed by atoms with van der Waals surface area (Å²) in [7, 11) is 0. The zero-order chi connectivity index (χ0) is 25.5. The molecule has 0 spiro atoms. The van der Waals surface area contributed by atoms with Crippen LogP contribution in [-0.2, 0) is 13.0 Å². The van der Waals surface area contributed by atoms with Crippen LogP contribution < -0.4 is 10.1 Å². The van der Waals surface area contributed by atoms with Crippen LogP contribution in [0.25, 0.3) is 21.8 Å². The predicted octanol–water partition coefficient (Wildman–Crippen LogP) is 7.06. The molecule has 0 aliphatic heterocycles. The molecule has 0 aliphatic carbocycles. The molecule has 0 atom stereocenters. The van der Waals surface area contributed by atoms with Crippen molar-refractivity contribution in [3.8, 4) is 5.75 Å². The summed E-state index contributed by atoms with van der Waals surface area (Å²) in [6.45, 7) is 1.95. The maximum Gasteiger partial charge on any atom is 0.251 e. The second-order valence-electron chi connectivity index (χ2n) is 9.07. The van der Waals surface area contributed by atoms with E-state index in [9.17, 15) is 4.79 Å². The van der Waals surface area contributed by atoms with Crippen molar-refractivity contribution in [3.05, 3.63) is 107 Å². The van der Waals surface area contributed by atoms with E-state index in [2.05, 4.69) is 46.3 Å². The maximum absolute atomic E-state index is 12.3. The van der Waals surface area contributed by atoms with Crippen molar-refractivity contribution in [2.45, 2.75) is 32.2 Å². The number of fused-ring (bicyclic) bond motifs is 2. The van der Waals surface area contributed by atoms with Crippen LogP contribution in [0.4, 0.5) is 0 Å². The molecule has 0 saturated heterocycles. The van der Waals surface area contributed by atoms with Crippen molar-refractivity contribution in [2.24, 2.45) is 0 Å². The largest absolute Gasteiger partial charge is 0.491 e. The Morgan fingerprint density at radius 3 is 2.54 bits per heavy atom. The Hall–Kier alpha value is -3.83. The minimum absolute atomic E-state index is 0.0651. The summed E-state index contributed by atoms with van der Waals surface area (Å²) in [6.07, 6.45) is 3.82. The molecule has 1 aromatic heterocycles. The Kier molecular flexibility index (Phi) is 8.02. The summed E-state index contributed by atoms with van der Waals surface area (Å²) in [6, 6.07) is 29.7. The first kappa shape index (κ1) is 24.8. The van der Waals surface area contributed by atoms with Crippen molar-refractivity contribution >= 4 is 39.3 Å². The maximum atomic E-state index is 12.3. The van der Waals surface area contributed by atoms with Gasteiger partial charge in [-0.3, -0.25) is 4.79 Å². The highest BCUT2D eigenvalue weighted by molar-refractivity contribution is 6.30. The van der Waals surface area contributed by atoms with E-state index < -0.39 is 0 Å². The van der Waals surface area contributed by atoms with Crippen molar-refractivity contribution in [3.63, 3.8) is 0 Å². The Balaban J connectivity index is 1.15. The molecule has 1 heterocycles. The first-order chi connectivity index (χ1) is 18.2. The van der Waals surface area contributed by atoms with Gasteiger partial charge < -0.3 is 14.6 Å². The molecule has 4 aromatic carbocycles. The van der Waals surface area contributed by atoms with Gasteiger partial charge in [-0.05, 0) is 60.7 Å². The summed E-state index contributed by atoms with van der Waals surface area (Å²) < 4.78 is 8.50.